The number of carbonyl (C=O) groups is 1. The van der Waals surface area contributed by atoms with E-state index in [1.54, 1.807) is 19.9 Å². The van der Waals surface area contributed by atoms with Gasteiger partial charge < -0.3 is 19.3 Å². The number of rotatable bonds is 2. The summed E-state index contributed by atoms with van der Waals surface area (Å²) in [5, 5.41) is 7.38. The summed E-state index contributed by atoms with van der Waals surface area (Å²) in [7, 11) is 0. The summed E-state index contributed by atoms with van der Waals surface area (Å²) in [5.74, 6) is 2.06. The Kier molecular flexibility index (Phi) is 3.16. The van der Waals surface area contributed by atoms with Crippen molar-refractivity contribution in [1.29, 1.82) is 0 Å². The molecule has 4 rings (SSSR count). The topological polar surface area (TPSA) is 86.5 Å². The second-order valence-electron chi connectivity index (χ2n) is 5.70. The highest BCUT2D eigenvalue weighted by atomic mass is 16.7. The van der Waals surface area contributed by atoms with Crippen LogP contribution in [-0.2, 0) is 0 Å². The summed E-state index contributed by atoms with van der Waals surface area (Å²) in [6, 6.07) is 5.35. The average molecular weight is 325 g/mol. The van der Waals surface area contributed by atoms with Gasteiger partial charge in [-0.3, -0.25) is 9.78 Å². The van der Waals surface area contributed by atoms with Gasteiger partial charge in [0, 0.05) is 17.5 Å². The number of amides is 1. The van der Waals surface area contributed by atoms with Crippen LogP contribution in [0.4, 0.5) is 5.82 Å². The van der Waals surface area contributed by atoms with Crippen molar-refractivity contribution in [2.75, 3.05) is 12.1 Å². The number of aryl methyl sites for hydroxylation is 3. The van der Waals surface area contributed by atoms with E-state index in [2.05, 4.69) is 15.5 Å². The maximum atomic E-state index is 12.7. The van der Waals surface area contributed by atoms with E-state index in [1.807, 2.05) is 19.1 Å². The Morgan fingerprint density at radius 3 is 2.58 bits per heavy atom. The van der Waals surface area contributed by atoms with Crippen LogP contribution in [0.1, 0.15) is 27.4 Å². The van der Waals surface area contributed by atoms with Crippen LogP contribution in [0.25, 0.3) is 10.9 Å². The van der Waals surface area contributed by atoms with Crippen molar-refractivity contribution in [3.05, 3.63) is 40.8 Å². The SMILES string of the molecule is Cc1cc(NC(=O)c2c(C)nc3cc4c(cc3c2C)OCO4)no1. The minimum atomic E-state index is -0.273. The van der Waals surface area contributed by atoms with Crippen LogP contribution in [0.15, 0.2) is 22.7 Å². The summed E-state index contributed by atoms with van der Waals surface area (Å²) in [5.41, 5.74) is 2.75. The van der Waals surface area contributed by atoms with Crippen LogP contribution in [0.5, 0.6) is 11.5 Å². The Morgan fingerprint density at radius 1 is 1.12 bits per heavy atom. The number of nitrogens with one attached hydrogen (secondary N) is 1. The Morgan fingerprint density at radius 2 is 1.88 bits per heavy atom. The van der Waals surface area contributed by atoms with Gasteiger partial charge in [-0.05, 0) is 32.4 Å². The van der Waals surface area contributed by atoms with Crippen molar-refractivity contribution in [2.24, 2.45) is 0 Å². The number of carbonyl (C=O) groups excluding carboxylic acids is 1. The van der Waals surface area contributed by atoms with Crippen molar-refractivity contribution in [2.45, 2.75) is 20.8 Å². The number of ether oxygens (including phenoxy) is 2. The molecule has 0 unspecified atom stereocenters. The molecule has 0 spiro atoms. The molecule has 0 aliphatic carbocycles. The predicted molar refractivity (Wildman–Crippen MR) is 86.5 cm³/mol. The second-order valence-corrected chi connectivity index (χ2v) is 5.70. The zero-order valence-electron chi connectivity index (χ0n) is 13.5. The van der Waals surface area contributed by atoms with E-state index in [0.717, 1.165) is 16.5 Å². The van der Waals surface area contributed by atoms with Gasteiger partial charge in [0.05, 0.1) is 16.8 Å². The number of benzene rings is 1. The van der Waals surface area contributed by atoms with E-state index in [-0.39, 0.29) is 12.7 Å². The molecule has 0 saturated carbocycles. The second kappa shape index (κ2) is 5.23. The molecule has 0 bridgehead atoms. The highest BCUT2D eigenvalue weighted by molar-refractivity contribution is 6.08. The first-order chi connectivity index (χ1) is 11.5. The third-order valence-electron chi connectivity index (χ3n) is 4.02. The lowest BCUT2D eigenvalue weighted by molar-refractivity contribution is 0.102. The molecule has 1 amide bonds. The van der Waals surface area contributed by atoms with Gasteiger partial charge in [-0.25, -0.2) is 0 Å². The maximum Gasteiger partial charge on any atom is 0.259 e. The summed E-state index contributed by atoms with van der Waals surface area (Å²) in [4.78, 5) is 17.2. The number of hydrogen-bond donors (Lipinski definition) is 1. The van der Waals surface area contributed by atoms with E-state index in [9.17, 15) is 4.79 Å². The Balaban J connectivity index is 1.80. The summed E-state index contributed by atoms with van der Waals surface area (Å²) >= 11 is 0. The van der Waals surface area contributed by atoms with Crippen molar-refractivity contribution in [3.8, 4) is 11.5 Å². The molecule has 7 nitrogen and oxygen atoms in total. The fourth-order valence-corrected chi connectivity index (χ4v) is 2.91. The van der Waals surface area contributed by atoms with Gasteiger partial charge in [-0.2, -0.15) is 0 Å². The average Bonchev–Trinajstić information content (AvgIpc) is 3.14. The van der Waals surface area contributed by atoms with Gasteiger partial charge in [0.15, 0.2) is 17.3 Å². The Labute approximate surface area is 137 Å². The summed E-state index contributed by atoms with van der Waals surface area (Å²) in [6.45, 7) is 5.66. The van der Waals surface area contributed by atoms with Gasteiger partial charge in [-0.1, -0.05) is 5.16 Å². The molecule has 1 aliphatic rings. The molecule has 1 aromatic carbocycles. The molecule has 0 saturated heterocycles. The van der Waals surface area contributed by atoms with E-state index in [4.69, 9.17) is 14.0 Å². The number of hydrogen-bond acceptors (Lipinski definition) is 6. The highest BCUT2D eigenvalue weighted by Crippen LogP contribution is 2.37. The molecule has 3 aromatic rings. The van der Waals surface area contributed by atoms with Crippen molar-refractivity contribution in [1.82, 2.24) is 10.1 Å². The van der Waals surface area contributed by atoms with Crippen LogP contribution in [0, 0.1) is 20.8 Å². The monoisotopic (exact) mass is 325 g/mol. The van der Waals surface area contributed by atoms with Gasteiger partial charge in [-0.15, -0.1) is 0 Å². The predicted octanol–water partition coefficient (Wildman–Crippen LogP) is 3.13. The molecule has 1 aliphatic heterocycles. The highest BCUT2D eigenvalue weighted by Gasteiger charge is 2.21. The molecule has 24 heavy (non-hydrogen) atoms. The first kappa shape index (κ1) is 14.5. The molecule has 0 fully saturated rings. The molecule has 1 N–H and O–H groups in total. The molecule has 0 radical (unpaired) electrons. The van der Waals surface area contributed by atoms with E-state index < -0.39 is 0 Å². The molecule has 7 heteroatoms. The van der Waals surface area contributed by atoms with E-state index >= 15 is 0 Å². The third-order valence-corrected chi connectivity index (χ3v) is 4.02. The number of aromatic nitrogens is 2. The maximum absolute atomic E-state index is 12.7. The minimum absolute atomic E-state index is 0.197. The van der Waals surface area contributed by atoms with Crippen molar-refractivity contribution >= 4 is 22.6 Å². The largest absolute Gasteiger partial charge is 0.454 e. The first-order valence-electron chi connectivity index (χ1n) is 7.48. The lowest BCUT2D eigenvalue weighted by atomic mass is 10.0. The molecule has 3 heterocycles. The van der Waals surface area contributed by atoms with Crippen molar-refractivity contribution in [3.63, 3.8) is 0 Å². The van der Waals surface area contributed by atoms with Crippen LogP contribution in [0.3, 0.4) is 0 Å². The molecule has 122 valence electrons. The minimum Gasteiger partial charge on any atom is -0.454 e. The smallest absolute Gasteiger partial charge is 0.259 e. The summed E-state index contributed by atoms with van der Waals surface area (Å²) in [6.07, 6.45) is 0. The normalized spacial score (nSPS) is 12.6. The number of nitrogens with zero attached hydrogens (tertiary/aromatic N) is 2. The standard InChI is InChI=1S/C17H15N3O4/c1-8-4-15(20-24-8)19-17(21)16-9(2)11-5-13-14(23-7-22-13)6-12(11)18-10(16)3/h4-6H,7H2,1-3H3,(H,19,20,21). The molecule has 2 aromatic heterocycles. The zero-order chi connectivity index (χ0) is 16.8. The number of anilines is 1. The Hall–Kier alpha value is -3.09. The lowest BCUT2D eigenvalue weighted by Gasteiger charge is -2.12. The van der Waals surface area contributed by atoms with Crippen molar-refractivity contribution < 1.29 is 18.8 Å². The fourth-order valence-electron chi connectivity index (χ4n) is 2.91. The number of fused-ring (bicyclic) bond motifs is 2. The summed E-state index contributed by atoms with van der Waals surface area (Å²) < 4.78 is 15.8. The van der Waals surface area contributed by atoms with Gasteiger partial charge in [0.25, 0.3) is 5.91 Å². The van der Waals surface area contributed by atoms with Crippen LogP contribution in [-0.4, -0.2) is 22.8 Å². The molecular formula is C17H15N3O4. The van der Waals surface area contributed by atoms with Gasteiger partial charge >= 0.3 is 0 Å². The van der Waals surface area contributed by atoms with Gasteiger partial charge in [0.1, 0.15) is 5.76 Å². The first-order valence-corrected chi connectivity index (χ1v) is 7.48. The number of pyridine rings is 1. The van der Waals surface area contributed by atoms with E-state index in [1.165, 1.54) is 0 Å². The lowest BCUT2D eigenvalue weighted by Crippen LogP contribution is -2.16. The van der Waals surface area contributed by atoms with Crippen LogP contribution in [0.2, 0.25) is 0 Å². The van der Waals surface area contributed by atoms with Crippen LogP contribution >= 0.6 is 0 Å². The fraction of sp³-hybridized carbons (Fsp3) is 0.235. The zero-order valence-corrected chi connectivity index (χ0v) is 13.5. The molecule has 0 atom stereocenters. The van der Waals surface area contributed by atoms with E-state index in [0.29, 0.717) is 34.3 Å². The van der Waals surface area contributed by atoms with Gasteiger partial charge in [0.2, 0.25) is 6.79 Å². The van der Waals surface area contributed by atoms with Crippen LogP contribution < -0.4 is 14.8 Å². The quantitative estimate of drug-likeness (QED) is 0.779. The third kappa shape index (κ3) is 2.25. The Bertz CT molecular complexity index is 978. The molecular weight excluding hydrogens is 310 g/mol.